The number of benzene rings is 1. The molecule has 1 unspecified atom stereocenters. The van der Waals surface area contributed by atoms with Crippen LogP contribution in [0.3, 0.4) is 0 Å². The number of hydrogen-bond donors (Lipinski definition) is 1. The number of fused-ring (bicyclic) bond motifs is 1. The van der Waals surface area contributed by atoms with Gasteiger partial charge in [-0.3, -0.25) is 9.59 Å². The average molecular weight is 415 g/mol. The third-order valence-corrected chi connectivity index (χ3v) is 6.44. The maximum atomic E-state index is 13.7. The molecule has 0 radical (unpaired) electrons. The van der Waals surface area contributed by atoms with E-state index in [1.165, 1.54) is 29.9 Å². The number of aromatic nitrogens is 3. The van der Waals surface area contributed by atoms with E-state index < -0.39 is 23.1 Å². The number of rotatable bonds is 6. The molecule has 8 heteroatoms. The van der Waals surface area contributed by atoms with Gasteiger partial charge in [0.15, 0.2) is 5.78 Å². The van der Waals surface area contributed by atoms with Crippen LogP contribution in [-0.2, 0) is 11.2 Å². The fraction of sp³-hybridized carbons (Fsp3) is 0.429. The Labute approximate surface area is 170 Å². The number of Topliss-reactive ketones (excluding diaryl/α,β-unsaturated/α-hetero) is 1. The molecule has 3 aromatic rings. The molecule has 6 nitrogen and oxygen atoms in total. The zero-order valence-corrected chi connectivity index (χ0v) is 16.7. The van der Waals surface area contributed by atoms with Crippen LogP contribution in [0.25, 0.3) is 10.9 Å². The quantitative estimate of drug-likeness (QED) is 0.667. The zero-order chi connectivity index (χ0) is 20.4. The third kappa shape index (κ3) is 4.22. The first-order valence-electron chi connectivity index (χ1n) is 9.88. The number of nitrogens with zero attached hydrogens (tertiary/aromatic N) is 2. The molecule has 1 aliphatic rings. The number of nitrogens with one attached hydrogen (secondary N) is 1. The van der Waals surface area contributed by atoms with E-state index in [0.29, 0.717) is 11.4 Å². The molecule has 1 aliphatic carbocycles. The van der Waals surface area contributed by atoms with E-state index >= 15 is 0 Å². The van der Waals surface area contributed by atoms with Crippen molar-refractivity contribution in [2.24, 2.45) is 5.92 Å². The smallest absolute Gasteiger partial charge is 0.307 e. The molecule has 1 N–H and O–H groups in total. The van der Waals surface area contributed by atoms with Crippen LogP contribution >= 0.6 is 11.3 Å². The average Bonchev–Trinajstić information content (AvgIpc) is 3.21. The van der Waals surface area contributed by atoms with Gasteiger partial charge in [-0.1, -0.05) is 32.1 Å². The minimum atomic E-state index is -0.883. The molecule has 0 spiro atoms. The third-order valence-electron chi connectivity index (χ3n) is 5.66. The number of hydrogen-bond acceptors (Lipinski definition) is 5. The first-order chi connectivity index (χ1) is 14.0. The molecular weight excluding hydrogens is 393 g/mol. The Morgan fingerprint density at radius 1 is 1.28 bits per heavy atom. The van der Waals surface area contributed by atoms with Crippen molar-refractivity contribution < 1.29 is 9.18 Å². The summed E-state index contributed by atoms with van der Waals surface area (Å²) < 4.78 is 14.7. The maximum Gasteiger partial charge on any atom is 0.329 e. The van der Waals surface area contributed by atoms with Crippen molar-refractivity contribution in [3.63, 3.8) is 0 Å². The van der Waals surface area contributed by atoms with Gasteiger partial charge in [-0.05, 0) is 30.5 Å². The van der Waals surface area contributed by atoms with Crippen LogP contribution in [0.2, 0.25) is 0 Å². The van der Waals surface area contributed by atoms with E-state index in [1.807, 2.05) is 0 Å². The lowest BCUT2D eigenvalue weighted by Gasteiger charge is -2.26. The van der Waals surface area contributed by atoms with E-state index in [4.69, 9.17) is 0 Å². The highest BCUT2D eigenvalue weighted by atomic mass is 32.1. The van der Waals surface area contributed by atoms with Crippen LogP contribution in [0.15, 0.2) is 39.4 Å². The van der Waals surface area contributed by atoms with Crippen LogP contribution in [0.5, 0.6) is 0 Å². The lowest BCUT2D eigenvalue weighted by atomic mass is 9.83. The Kier molecular flexibility index (Phi) is 5.71. The van der Waals surface area contributed by atoms with Gasteiger partial charge >= 0.3 is 5.69 Å². The summed E-state index contributed by atoms with van der Waals surface area (Å²) in [5.74, 6) is -0.497. The summed E-state index contributed by atoms with van der Waals surface area (Å²) >= 11 is 1.37. The molecule has 1 aromatic carbocycles. The van der Waals surface area contributed by atoms with Crippen LogP contribution in [0.4, 0.5) is 4.39 Å². The minimum absolute atomic E-state index is 0.0697. The number of carbonyl (C=O) groups excluding carboxylic acids is 1. The number of aromatic amines is 1. The molecule has 152 valence electrons. The Morgan fingerprint density at radius 2 is 2.07 bits per heavy atom. The summed E-state index contributed by atoms with van der Waals surface area (Å²) in [7, 11) is 0. The lowest BCUT2D eigenvalue weighted by molar-refractivity contribution is -0.122. The monoisotopic (exact) mass is 415 g/mol. The van der Waals surface area contributed by atoms with Crippen LogP contribution in [0, 0.1) is 11.7 Å². The van der Waals surface area contributed by atoms with E-state index in [0.717, 1.165) is 36.3 Å². The SMILES string of the molecule is O=C(Cc1nccs1)C(CC1CCCCC1)n1c(=O)[nH]c2ccc(F)cc2c1=O. The minimum Gasteiger partial charge on any atom is -0.307 e. The highest BCUT2D eigenvalue weighted by Gasteiger charge is 2.29. The van der Waals surface area contributed by atoms with Gasteiger partial charge in [0.05, 0.1) is 22.3 Å². The normalized spacial score (nSPS) is 16.2. The van der Waals surface area contributed by atoms with Crippen molar-refractivity contribution in [2.75, 3.05) is 0 Å². The summed E-state index contributed by atoms with van der Waals surface area (Å²) in [6.45, 7) is 0. The molecule has 1 saturated carbocycles. The van der Waals surface area contributed by atoms with Crippen LogP contribution in [0.1, 0.15) is 49.6 Å². The number of H-pyrrole nitrogens is 1. The van der Waals surface area contributed by atoms with E-state index in [1.54, 1.807) is 11.6 Å². The molecule has 1 atom stereocenters. The fourth-order valence-corrected chi connectivity index (χ4v) is 4.84. The fourth-order valence-electron chi connectivity index (χ4n) is 4.21. The van der Waals surface area contributed by atoms with Crippen molar-refractivity contribution in [3.05, 3.63) is 61.4 Å². The Morgan fingerprint density at radius 3 is 2.79 bits per heavy atom. The molecule has 0 bridgehead atoms. The van der Waals surface area contributed by atoms with Crippen molar-refractivity contribution in [1.82, 2.24) is 14.5 Å². The van der Waals surface area contributed by atoms with Crippen LogP contribution < -0.4 is 11.2 Å². The topological polar surface area (TPSA) is 84.8 Å². The summed E-state index contributed by atoms with van der Waals surface area (Å²) in [5.41, 5.74) is -1.000. The Balaban J connectivity index is 1.78. The molecule has 4 rings (SSSR count). The Hall–Kier alpha value is -2.61. The van der Waals surface area contributed by atoms with Gasteiger partial charge in [0.1, 0.15) is 11.9 Å². The lowest BCUT2D eigenvalue weighted by Crippen LogP contribution is -2.42. The summed E-state index contributed by atoms with van der Waals surface area (Å²) in [5, 5.41) is 2.51. The number of halogens is 1. The first-order valence-corrected chi connectivity index (χ1v) is 10.8. The van der Waals surface area contributed by atoms with Crippen molar-refractivity contribution in [3.8, 4) is 0 Å². The molecule has 2 aromatic heterocycles. The van der Waals surface area contributed by atoms with E-state index in [2.05, 4.69) is 9.97 Å². The second kappa shape index (κ2) is 8.41. The molecular formula is C21H22FN3O3S. The standard InChI is InChI=1S/C21H22FN3O3S/c22-14-6-7-16-15(11-14)20(27)25(21(28)24-16)17(10-13-4-2-1-3-5-13)18(26)12-19-23-8-9-29-19/h6-9,11,13,17H,1-5,10,12H2,(H,24,28). The van der Waals surface area contributed by atoms with Gasteiger partial charge in [-0.15, -0.1) is 11.3 Å². The van der Waals surface area contributed by atoms with Crippen molar-refractivity contribution in [1.29, 1.82) is 0 Å². The number of ketones is 1. The summed E-state index contributed by atoms with van der Waals surface area (Å²) in [4.78, 5) is 45.8. The first kappa shape index (κ1) is 19.7. The van der Waals surface area contributed by atoms with Crippen molar-refractivity contribution in [2.45, 2.75) is 51.0 Å². The second-order valence-electron chi connectivity index (χ2n) is 7.62. The van der Waals surface area contributed by atoms with Gasteiger partial charge in [0, 0.05) is 11.6 Å². The second-order valence-corrected chi connectivity index (χ2v) is 8.60. The van der Waals surface area contributed by atoms with Gasteiger partial charge in [-0.25, -0.2) is 18.7 Å². The molecule has 0 amide bonds. The predicted octanol–water partition coefficient (Wildman–Crippen LogP) is 3.61. The zero-order valence-electron chi connectivity index (χ0n) is 15.9. The summed E-state index contributed by atoms with van der Waals surface area (Å²) in [6.07, 6.45) is 7.45. The van der Waals surface area contributed by atoms with Crippen molar-refractivity contribution >= 4 is 28.0 Å². The molecule has 0 aliphatic heterocycles. The van der Waals surface area contributed by atoms with Gasteiger partial charge in [0.2, 0.25) is 0 Å². The largest absolute Gasteiger partial charge is 0.329 e. The predicted molar refractivity (Wildman–Crippen MR) is 110 cm³/mol. The number of thiazole rings is 1. The highest BCUT2D eigenvalue weighted by molar-refractivity contribution is 7.09. The highest BCUT2D eigenvalue weighted by Crippen LogP contribution is 2.31. The van der Waals surface area contributed by atoms with E-state index in [9.17, 15) is 18.8 Å². The molecule has 29 heavy (non-hydrogen) atoms. The molecule has 0 saturated heterocycles. The number of carbonyl (C=O) groups is 1. The van der Waals surface area contributed by atoms with Gasteiger partial charge < -0.3 is 4.98 Å². The van der Waals surface area contributed by atoms with E-state index in [-0.39, 0.29) is 29.0 Å². The van der Waals surface area contributed by atoms with Crippen LogP contribution in [-0.4, -0.2) is 20.3 Å². The molecule has 1 fully saturated rings. The van der Waals surface area contributed by atoms with Gasteiger partial charge in [-0.2, -0.15) is 0 Å². The maximum absolute atomic E-state index is 13.7. The summed E-state index contributed by atoms with van der Waals surface area (Å²) in [6, 6.07) is 2.78. The molecule has 2 heterocycles. The van der Waals surface area contributed by atoms with Gasteiger partial charge in [0.25, 0.3) is 5.56 Å². The Bertz CT molecular complexity index is 1130.